The number of hydroxylamine groups is 2. The van der Waals surface area contributed by atoms with Crippen molar-refractivity contribution in [3.8, 4) is 0 Å². The molecule has 0 bridgehead atoms. The lowest BCUT2D eigenvalue weighted by Crippen LogP contribution is -2.31. The molecule has 0 aromatic carbocycles. The highest BCUT2D eigenvalue weighted by Crippen LogP contribution is 2.26. The zero-order chi connectivity index (χ0) is 17.2. The Kier molecular flexibility index (Phi) is 8.26. The molecule has 1 aliphatic carbocycles. The summed E-state index contributed by atoms with van der Waals surface area (Å²) < 4.78 is 0. The molecule has 1 saturated heterocycles. The van der Waals surface area contributed by atoms with Gasteiger partial charge in [0, 0.05) is 19.3 Å². The Morgan fingerprint density at radius 1 is 0.875 bits per heavy atom. The Bertz CT molecular complexity index is 409. The normalized spacial score (nSPS) is 20.6. The van der Waals surface area contributed by atoms with Crippen molar-refractivity contribution in [1.82, 2.24) is 5.06 Å². The first kappa shape index (κ1) is 18.9. The number of rotatable bonds is 7. The summed E-state index contributed by atoms with van der Waals surface area (Å²) in [5.41, 5.74) is 0. The molecule has 24 heavy (non-hydrogen) atoms. The van der Waals surface area contributed by atoms with Crippen LogP contribution in [-0.4, -0.2) is 22.8 Å². The number of hydrogen-bond donors (Lipinski definition) is 0. The summed E-state index contributed by atoms with van der Waals surface area (Å²) in [6.07, 6.45) is 15.8. The summed E-state index contributed by atoms with van der Waals surface area (Å²) in [6.45, 7) is 0. The Morgan fingerprint density at radius 3 is 2.08 bits per heavy atom. The Labute approximate surface area is 145 Å². The summed E-state index contributed by atoms with van der Waals surface area (Å²) in [7, 11) is 0. The van der Waals surface area contributed by atoms with E-state index in [9.17, 15) is 14.4 Å². The van der Waals surface area contributed by atoms with Crippen LogP contribution < -0.4 is 0 Å². The van der Waals surface area contributed by atoms with Gasteiger partial charge in [0.05, 0.1) is 0 Å². The topological polar surface area (TPSA) is 63.7 Å². The molecule has 136 valence electrons. The molecule has 0 aromatic rings. The number of carbonyl (C=O) groups excluding carboxylic acids is 3. The third kappa shape index (κ3) is 6.62. The highest BCUT2D eigenvalue weighted by Gasteiger charge is 2.32. The fourth-order valence-corrected chi connectivity index (χ4v) is 3.69. The van der Waals surface area contributed by atoms with Crippen LogP contribution in [0.2, 0.25) is 0 Å². The van der Waals surface area contributed by atoms with Crippen LogP contribution in [-0.2, 0) is 19.2 Å². The van der Waals surface area contributed by atoms with Crippen LogP contribution in [0.15, 0.2) is 0 Å². The summed E-state index contributed by atoms with van der Waals surface area (Å²) >= 11 is 0. The van der Waals surface area contributed by atoms with E-state index in [4.69, 9.17) is 4.84 Å². The van der Waals surface area contributed by atoms with Crippen molar-refractivity contribution in [3.63, 3.8) is 0 Å². The lowest BCUT2D eigenvalue weighted by atomic mass is 9.91. The fourth-order valence-electron chi connectivity index (χ4n) is 3.69. The van der Waals surface area contributed by atoms with E-state index < -0.39 is 17.8 Å². The molecule has 1 saturated carbocycles. The minimum absolute atomic E-state index is 0.146. The summed E-state index contributed by atoms with van der Waals surface area (Å²) in [6, 6.07) is 0. The van der Waals surface area contributed by atoms with Gasteiger partial charge in [-0.25, -0.2) is 4.79 Å². The van der Waals surface area contributed by atoms with Gasteiger partial charge in [0.1, 0.15) is 0 Å². The molecular weight excluding hydrogens is 306 g/mol. The van der Waals surface area contributed by atoms with E-state index in [1.54, 1.807) is 0 Å². The fraction of sp³-hybridized carbons (Fsp3) is 0.842. The van der Waals surface area contributed by atoms with Crippen molar-refractivity contribution in [2.45, 2.75) is 96.3 Å². The number of imide groups is 1. The van der Waals surface area contributed by atoms with Crippen LogP contribution >= 0.6 is 0 Å². The van der Waals surface area contributed by atoms with Gasteiger partial charge in [-0.15, -0.1) is 5.06 Å². The maximum atomic E-state index is 11.7. The number of hydrogen-bond acceptors (Lipinski definition) is 4. The number of carbonyl (C=O) groups is 3. The van der Waals surface area contributed by atoms with Gasteiger partial charge in [-0.2, -0.15) is 0 Å². The van der Waals surface area contributed by atoms with E-state index >= 15 is 0 Å². The van der Waals surface area contributed by atoms with Crippen molar-refractivity contribution < 1.29 is 19.2 Å². The van der Waals surface area contributed by atoms with Gasteiger partial charge in [0.2, 0.25) is 0 Å². The molecule has 0 N–H and O–H groups in total. The third-order valence-corrected chi connectivity index (χ3v) is 5.17. The van der Waals surface area contributed by atoms with Gasteiger partial charge in [-0.05, 0) is 12.3 Å². The summed E-state index contributed by atoms with van der Waals surface area (Å²) in [5.74, 6) is -0.432. The predicted molar refractivity (Wildman–Crippen MR) is 90.7 cm³/mol. The van der Waals surface area contributed by atoms with Crippen LogP contribution in [0.1, 0.15) is 96.3 Å². The molecule has 2 fully saturated rings. The van der Waals surface area contributed by atoms with E-state index in [1.807, 2.05) is 0 Å². The molecule has 2 aliphatic rings. The zero-order valence-corrected chi connectivity index (χ0v) is 14.8. The molecular formula is C19H31NO4. The van der Waals surface area contributed by atoms with E-state index in [1.165, 1.54) is 57.8 Å². The first-order valence-corrected chi connectivity index (χ1v) is 9.73. The van der Waals surface area contributed by atoms with Crippen molar-refractivity contribution in [3.05, 3.63) is 0 Å². The van der Waals surface area contributed by atoms with E-state index in [2.05, 4.69) is 0 Å². The average Bonchev–Trinajstić information content (AvgIpc) is 2.94. The standard InChI is InChI=1S/C19H31NO4/c21-17-14-15-18(22)20(17)24-19(23)13-9-5-8-12-16-10-6-3-1-2-4-7-11-16/h16H,1-15H2. The quantitative estimate of drug-likeness (QED) is 0.513. The monoisotopic (exact) mass is 337 g/mol. The highest BCUT2D eigenvalue weighted by atomic mass is 16.7. The molecule has 1 heterocycles. The first-order valence-electron chi connectivity index (χ1n) is 9.73. The van der Waals surface area contributed by atoms with E-state index in [0.29, 0.717) is 5.06 Å². The van der Waals surface area contributed by atoms with Gasteiger partial charge in [-0.3, -0.25) is 9.59 Å². The van der Waals surface area contributed by atoms with Crippen molar-refractivity contribution in [2.75, 3.05) is 0 Å². The zero-order valence-electron chi connectivity index (χ0n) is 14.8. The largest absolute Gasteiger partial charge is 0.333 e. The molecule has 0 aromatic heterocycles. The second-order valence-electron chi connectivity index (χ2n) is 7.21. The van der Waals surface area contributed by atoms with Gasteiger partial charge in [0.25, 0.3) is 11.8 Å². The first-order chi connectivity index (χ1) is 11.7. The van der Waals surface area contributed by atoms with Crippen LogP contribution in [0.5, 0.6) is 0 Å². The van der Waals surface area contributed by atoms with Gasteiger partial charge in [0.15, 0.2) is 0 Å². The Hall–Kier alpha value is -1.39. The minimum Gasteiger partial charge on any atom is -0.330 e. The van der Waals surface area contributed by atoms with Crippen molar-refractivity contribution in [1.29, 1.82) is 0 Å². The van der Waals surface area contributed by atoms with Gasteiger partial charge >= 0.3 is 5.97 Å². The lowest BCUT2D eigenvalue weighted by molar-refractivity contribution is -0.197. The highest BCUT2D eigenvalue weighted by molar-refractivity contribution is 6.01. The predicted octanol–water partition coefficient (Wildman–Crippen LogP) is 4.29. The maximum absolute atomic E-state index is 11.7. The molecule has 5 nitrogen and oxygen atoms in total. The molecule has 2 amide bonds. The molecule has 1 aliphatic heterocycles. The SMILES string of the molecule is O=C(CCCCCC1CCCCCCCC1)ON1C(=O)CCC1=O. The number of unbranched alkanes of at least 4 members (excludes halogenated alkanes) is 2. The second-order valence-corrected chi connectivity index (χ2v) is 7.21. The average molecular weight is 337 g/mol. The summed E-state index contributed by atoms with van der Waals surface area (Å²) in [5, 5.41) is 0.639. The van der Waals surface area contributed by atoms with Gasteiger partial charge in [-0.1, -0.05) is 70.6 Å². The summed E-state index contributed by atoms with van der Waals surface area (Å²) in [4.78, 5) is 39.3. The third-order valence-electron chi connectivity index (χ3n) is 5.17. The number of amides is 2. The second kappa shape index (κ2) is 10.5. The van der Waals surface area contributed by atoms with Crippen LogP contribution in [0.25, 0.3) is 0 Å². The molecule has 0 atom stereocenters. The molecule has 0 unspecified atom stereocenters. The molecule has 0 spiro atoms. The van der Waals surface area contributed by atoms with Crippen LogP contribution in [0, 0.1) is 5.92 Å². The van der Waals surface area contributed by atoms with E-state index in [-0.39, 0.29) is 19.3 Å². The maximum Gasteiger partial charge on any atom is 0.333 e. The Balaban J connectivity index is 1.54. The number of nitrogens with zero attached hydrogens (tertiary/aromatic N) is 1. The van der Waals surface area contributed by atoms with Crippen LogP contribution in [0.4, 0.5) is 0 Å². The van der Waals surface area contributed by atoms with E-state index in [0.717, 1.165) is 25.2 Å². The lowest BCUT2D eigenvalue weighted by Gasteiger charge is -2.15. The smallest absolute Gasteiger partial charge is 0.330 e. The van der Waals surface area contributed by atoms with Crippen molar-refractivity contribution in [2.24, 2.45) is 5.92 Å². The van der Waals surface area contributed by atoms with Crippen LogP contribution in [0.3, 0.4) is 0 Å². The van der Waals surface area contributed by atoms with Crippen molar-refractivity contribution >= 4 is 17.8 Å². The molecule has 5 heteroatoms. The minimum atomic E-state index is -0.471. The Morgan fingerprint density at radius 2 is 1.46 bits per heavy atom. The molecule has 0 radical (unpaired) electrons. The van der Waals surface area contributed by atoms with Gasteiger partial charge < -0.3 is 4.84 Å². The molecule has 2 rings (SSSR count).